The highest BCUT2D eigenvalue weighted by Gasteiger charge is 2.49. The summed E-state index contributed by atoms with van der Waals surface area (Å²) in [5, 5.41) is 7.34. The fourth-order valence-corrected chi connectivity index (χ4v) is 3.17. The SMILES string of the molecule is CCOC1CC(NCC2(C)CCCN2)C1(C)C. The van der Waals surface area contributed by atoms with Crippen LogP contribution < -0.4 is 10.6 Å². The van der Waals surface area contributed by atoms with Crippen molar-refractivity contribution in [2.24, 2.45) is 5.41 Å². The number of hydrogen-bond donors (Lipinski definition) is 2. The van der Waals surface area contributed by atoms with E-state index in [1.165, 1.54) is 19.4 Å². The lowest BCUT2D eigenvalue weighted by molar-refractivity contribution is -0.114. The first-order chi connectivity index (χ1) is 7.98. The van der Waals surface area contributed by atoms with Gasteiger partial charge in [0, 0.05) is 30.1 Å². The van der Waals surface area contributed by atoms with Gasteiger partial charge in [0.15, 0.2) is 0 Å². The molecule has 1 aliphatic heterocycles. The van der Waals surface area contributed by atoms with E-state index in [-0.39, 0.29) is 5.41 Å². The Hall–Kier alpha value is -0.120. The Kier molecular flexibility index (Phi) is 3.81. The predicted octanol–water partition coefficient (Wildman–Crippen LogP) is 1.92. The average molecular weight is 240 g/mol. The Labute approximate surface area is 106 Å². The van der Waals surface area contributed by atoms with E-state index in [0.29, 0.717) is 17.7 Å². The molecule has 0 aromatic heterocycles. The van der Waals surface area contributed by atoms with Crippen LogP contribution in [-0.2, 0) is 4.74 Å². The molecule has 0 bridgehead atoms. The van der Waals surface area contributed by atoms with Crippen molar-refractivity contribution >= 4 is 0 Å². The molecule has 3 nitrogen and oxygen atoms in total. The van der Waals surface area contributed by atoms with Gasteiger partial charge in [0.05, 0.1) is 6.10 Å². The minimum absolute atomic E-state index is 0.283. The lowest BCUT2D eigenvalue weighted by Gasteiger charge is -2.52. The van der Waals surface area contributed by atoms with Crippen LogP contribution in [0, 0.1) is 5.41 Å². The van der Waals surface area contributed by atoms with E-state index in [1.807, 2.05) is 0 Å². The summed E-state index contributed by atoms with van der Waals surface area (Å²) in [5.41, 5.74) is 0.595. The Morgan fingerprint density at radius 1 is 1.35 bits per heavy atom. The van der Waals surface area contributed by atoms with Crippen molar-refractivity contribution in [3.63, 3.8) is 0 Å². The molecule has 0 amide bonds. The molecule has 3 unspecified atom stereocenters. The molecule has 1 heterocycles. The smallest absolute Gasteiger partial charge is 0.0655 e. The minimum Gasteiger partial charge on any atom is -0.378 e. The Balaban J connectivity index is 1.78. The second-order valence-corrected chi connectivity index (χ2v) is 6.53. The van der Waals surface area contributed by atoms with Gasteiger partial charge >= 0.3 is 0 Å². The summed E-state index contributed by atoms with van der Waals surface area (Å²) in [6, 6.07) is 0.610. The molecule has 0 radical (unpaired) electrons. The monoisotopic (exact) mass is 240 g/mol. The summed E-state index contributed by atoms with van der Waals surface area (Å²) in [6.07, 6.45) is 4.21. The first kappa shape index (κ1) is 13.3. The van der Waals surface area contributed by atoms with Crippen LogP contribution in [0.4, 0.5) is 0 Å². The van der Waals surface area contributed by atoms with Gasteiger partial charge in [0.25, 0.3) is 0 Å². The summed E-state index contributed by atoms with van der Waals surface area (Å²) in [7, 11) is 0. The number of ether oxygens (including phenoxy) is 1. The molecule has 2 fully saturated rings. The molecule has 2 rings (SSSR count). The zero-order valence-electron chi connectivity index (χ0n) is 11.8. The Morgan fingerprint density at radius 2 is 2.12 bits per heavy atom. The van der Waals surface area contributed by atoms with Gasteiger partial charge in [-0.15, -0.1) is 0 Å². The van der Waals surface area contributed by atoms with Gasteiger partial charge in [-0.3, -0.25) is 0 Å². The van der Waals surface area contributed by atoms with Gasteiger partial charge in [0.1, 0.15) is 0 Å². The molecule has 3 heteroatoms. The molecule has 0 aromatic carbocycles. The normalized spacial score (nSPS) is 40.2. The molecule has 17 heavy (non-hydrogen) atoms. The molecule has 3 atom stereocenters. The topological polar surface area (TPSA) is 33.3 Å². The van der Waals surface area contributed by atoms with Crippen molar-refractivity contribution in [2.75, 3.05) is 19.7 Å². The maximum Gasteiger partial charge on any atom is 0.0655 e. The minimum atomic E-state index is 0.283. The standard InChI is InChI=1S/C14H28N2O/c1-5-17-12-9-11(13(12,2)3)15-10-14(4)7-6-8-16-14/h11-12,15-16H,5-10H2,1-4H3. The van der Waals surface area contributed by atoms with Crippen molar-refractivity contribution < 1.29 is 4.74 Å². The van der Waals surface area contributed by atoms with Crippen molar-refractivity contribution in [3.05, 3.63) is 0 Å². The van der Waals surface area contributed by atoms with Gasteiger partial charge < -0.3 is 15.4 Å². The van der Waals surface area contributed by atoms with Crippen LogP contribution in [-0.4, -0.2) is 37.4 Å². The quantitative estimate of drug-likeness (QED) is 0.770. The van der Waals surface area contributed by atoms with E-state index in [2.05, 4.69) is 38.3 Å². The molecular formula is C14H28N2O. The van der Waals surface area contributed by atoms with E-state index in [4.69, 9.17) is 4.74 Å². The maximum absolute atomic E-state index is 5.76. The maximum atomic E-state index is 5.76. The number of rotatable bonds is 5. The third-order valence-electron chi connectivity index (χ3n) is 4.74. The van der Waals surface area contributed by atoms with E-state index in [9.17, 15) is 0 Å². The molecule has 2 aliphatic rings. The van der Waals surface area contributed by atoms with Crippen LogP contribution in [0.2, 0.25) is 0 Å². The molecule has 1 saturated heterocycles. The van der Waals surface area contributed by atoms with E-state index in [1.54, 1.807) is 0 Å². The summed E-state index contributed by atoms with van der Waals surface area (Å²) in [4.78, 5) is 0. The molecule has 0 spiro atoms. The van der Waals surface area contributed by atoms with Gasteiger partial charge in [-0.1, -0.05) is 13.8 Å². The second kappa shape index (κ2) is 4.87. The van der Waals surface area contributed by atoms with Crippen LogP contribution in [0.25, 0.3) is 0 Å². The number of hydrogen-bond acceptors (Lipinski definition) is 3. The molecule has 2 N–H and O–H groups in total. The highest BCUT2D eigenvalue weighted by atomic mass is 16.5. The lowest BCUT2D eigenvalue weighted by Crippen LogP contribution is -2.63. The number of nitrogens with one attached hydrogen (secondary N) is 2. The average Bonchev–Trinajstić information content (AvgIpc) is 2.70. The van der Waals surface area contributed by atoms with Gasteiger partial charge in [0.2, 0.25) is 0 Å². The zero-order chi connectivity index (χ0) is 12.5. The van der Waals surface area contributed by atoms with E-state index < -0.39 is 0 Å². The van der Waals surface area contributed by atoms with Crippen LogP contribution in [0.3, 0.4) is 0 Å². The molecular weight excluding hydrogens is 212 g/mol. The van der Waals surface area contributed by atoms with E-state index >= 15 is 0 Å². The molecule has 1 saturated carbocycles. The first-order valence-corrected chi connectivity index (χ1v) is 7.08. The summed E-state index contributed by atoms with van der Waals surface area (Å²) in [5.74, 6) is 0. The van der Waals surface area contributed by atoms with Gasteiger partial charge in [-0.25, -0.2) is 0 Å². The fourth-order valence-electron chi connectivity index (χ4n) is 3.17. The third kappa shape index (κ3) is 2.67. The summed E-state index contributed by atoms with van der Waals surface area (Å²) in [6.45, 7) is 12.1. The van der Waals surface area contributed by atoms with E-state index in [0.717, 1.165) is 19.6 Å². The first-order valence-electron chi connectivity index (χ1n) is 7.08. The molecule has 0 aromatic rings. The zero-order valence-corrected chi connectivity index (χ0v) is 11.8. The highest BCUT2D eigenvalue weighted by Crippen LogP contribution is 2.42. The molecule has 100 valence electrons. The van der Waals surface area contributed by atoms with Crippen LogP contribution >= 0.6 is 0 Å². The third-order valence-corrected chi connectivity index (χ3v) is 4.74. The predicted molar refractivity (Wildman–Crippen MR) is 71.2 cm³/mol. The largest absolute Gasteiger partial charge is 0.378 e. The Bertz CT molecular complexity index is 259. The van der Waals surface area contributed by atoms with Crippen molar-refractivity contribution in [3.8, 4) is 0 Å². The lowest BCUT2D eigenvalue weighted by atomic mass is 9.64. The highest BCUT2D eigenvalue weighted by molar-refractivity contribution is 5.04. The van der Waals surface area contributed by atoms with Crippen molar-refractivity contribution in [1.29, 1.82) is 0 Å². The molecule has 1 aliphatic carbocycles. The van der Waals surface area contributed by atoms with Crippen molar-refractivity contribution in [2.45, 2.75) is 64.6 Å². The van der Waals surface area contributed by atoms with Gasteiger partial charge in [-0.05, 0) is 39.7 Å². The van der Waals surface area contributed by atoms with Crippen LogP contribution in [0.15, 0.2) is 0 Å². The van der Waals surface area contributed by atoms with Gasteiger partial charge in [-0.2, -0.15) is 0 Å². The Morgan fingerprint density at radius 3 is 2.65 bits per heavy atom. The summed E-state index contributed by atoms with van der Waals surface area (Å²) < 4.78 is 5.76. The fraction of sp³-hybridized carbons (Fsp3) is 1.00. The van der Waals surface area contributed by atoms with Crippen molar-refractivity contribution in [1.82, 2.24) is 10.6 Å². The second-order valence-electron chi connectivity index (χ2n) is 6.53. The van der Waals surface area contributed by atoms with Crippen LogP contribution in [0.5, 0.6) is 0 Å². The van der Waals surface area contributed by atoms with Crippen LogP contribution in [0.1, 0.15) is 47.0 Å². The summed E-state index contributed by atoms with van der Waals surface area (Å²) >= 11 is 0.